The Balaban J connectivity index is 2.27. The molecule has 0 bridgehead atoms. The van der Waals surface area contributed by atoms with Crippen molar-refractivity contribution in [3.8, 4) is 11.6 Å². The van der Waals surface area contributed by atoms with Gasteiger partial charge in [-0.2, -0.15) is 0 Å². The molecule has 1 heterocycles. The molecule has 94 valence electrons. The van der Waals surface area contributed by atoms with Crippen LogP contribution in [0.2, 0.25) is 0 Å². The summed E-state index contributed by atoms with van der Waals surface area (Å²) in [6.07, 6.45) is 2.76. The van der Waals surface area contributed by atoms with Crippen LogP contribution in [0.3, 0.4) is 0 Å². The predicted octanol–water partition coefficient (Wildman–Crippen LogP) is 3.04. The highest BCUT2D eigenvalue weighted by atomic mass is 79.9. The first-order chi connectivity index (χ1) is 8.45. The predicted molar refractivity (Wildman–Crippen MR) is 71.6 cm³/mol. The van der Waals surface area contributed by atoms with Crippen molar-refractivity contribution in [2.75, 3.05) is 6.26 Å². The van der Waals surface area contributed by atoms with Crippen LogP contribution in [-0.2, 0) is 9.84 Å². The Kier molecular flexibility index (Phi) is 3.68. The van der Waals surface area contributed by atoms with Crippen LogP contribution in [0.1, 0.15) is 0 Å². The molecule has 0 amide bonds. The first-order valence-corrected chi connectivity index (χ1v) is 7.73. The lowest BCUT2D eigenvalue weighted by Crippen LogP contribution is -1.97. The van der Waals surface area contributed by atoms with Gasteiger partial charge in [-0.25, -0.2) is 13.4 Å². The lowest BCUT2D eigenvalue weighted by molar-refractivity contribution is 0.461. The van der Waals surface area contributed by atoms with Crippen LogP contribution in [0, 0.1) is 0 Å². The monoisotopic (exact) mass is 327 g/mol. The van der Waals surface area contributed by atoms with E-state index >= 15 is 0 Å². The van der Waals surface area contributed by atoms with E-state index in [4.69, 9.17) is 4.74 Å². The Morgan fingerprint density at radius 3 is 2.61 bits per heavy atom. The van der Waals surface area contributed by atoms with Crippen molar-refractivity contribution in [1.29, 1.82) is 0 Å². The molecular weight excluding hydrogens is 318 g/mol. The maximum absolute atomic E-state index is 11.4. The summed E-state index contributed by atoms with van der Waals surface area (Å²) < 4.78 is 29.1. The smallest absolute Gasteiger partial charge is 0.219 e. The van der Waals surface area contributed by atoms with Gasteiger partial charge in [0.15, 0.2) is 9.84 Å². The number of pyridine rings is 1. The van der Waals surface area contributed by atoms with Gasteiger partial charge < -0.3 is 4.74 Å². The molecule has 0 saturated carbocycles. The number of sulfone groups is 1. The summed E-state index contributed by atoms with van der Waals surface area (Å²) in [7, 11) is -3.23. The molecule has 0 saturated heterocycles. The minimum absolute atomic E-state index is 0.220. The summed E-state index contributed by atoms with van der Waals surface area (Å²) in [6.45, 7) is 0. The third-order valence-electron chi connectivity index (χ3n) is 2.16. The highest BCUT2D eigenvalue weighted by Gasteiger charge is 2.08. The van der Waals surface area contributed by atoms with Gasteiger partial charge in [0.1, 0.15) is 5.75 Å². The topological polar surface area (TPSA) is 56.3 Å². The third kappa shape index (κ3) is 3.30. The van der Waals surface area contributed by atoms with Crippen LogP contribution in [0.25, 0.3) is 0 Å². The Bertz CT molecular complexity index is 653. The summed E-state index contributed by atoms with van der Waals surface area (Å²) in [5, 5.41) is 0. The average molecular weight is 328 g/mol. The number of halogens is 1. The Labute approximate surface area is 114 Å². The van der Waals surface area contributed by atoms with Crippen LogP contribution in [0.4, 0.5) is 0 Å². The van der Waals surface area contributed by atoms with Gasteiger partial charge in [-0.3, -0.25) is 0 Å². The van der Waals surface area contributed by atoms with E-state index in [1.165, 1.54) is 12.1 Å². The van der Waals surface area contributed by atoms with Gasteiger partial charge in [0, 0.05) is 23.0 Å². The maximum Gasteiger partial charge on any atom is 0.219 e. The minimum atomic E-state index is -3.23. The highest BCUT2D eigenvalue weighted by Crippen LogP contribution is 2.23. The van der Waals surface area contributed by atoms with Crippen LogP contribution in [-0.4, -0.2) is 19.7 Å². The second-order valence-corrected chi connectivity index (χ2v) is 6.60. The molecule has 6 heteroatoms. The van der Waals surface area contributed by atoms with Crippen LogP contribution in [0.15, 0.2) is 52.0 Å². The molecule has 0 N–H and O–H groups in total. The summed E-state index contributed by atoms with van der Waals surface area (Å²) >= 11 is 3.27. The second-order valence-electron chi connectivity index (χ2n) is 3.66. The fraction of sp³-hybridized carbons (Fsp3) is 0.0833. The quantitative estimate of drug-likeness (QED) is 0.869. The van der Waals surface area contributed by atoms with E-state index in [1.807, 2.05) is 0 Å². The maximum atomic E-state index is 11.4. The van der Waals surface area contributed by atoms with E-state index < -0.39 is 9.84 Å². The van der Waals surface area contributed by atoms with E-state index in [9.17, 15) is 8.42 Å². The fourth-order valence-electron chi connectivity index (χ4n) is 1.31. The third-order valence-corrected chi connectivity index (χ3v) is 3.74. The molecular formula is C12H10BrNO3S. The lowest BCUT2D eigenvalue weighted by atomic mass is 10.3. The number of hydrogen-bond acceptors (Lipinski definition) is 4. The van der Waals surface area contributed by atoms with E-state index in [0.717, 1.165) is 10.7 Å². The molecule has 4 nitrogen and oxygen atoms in total. The molecule has 0 unspecified atom stereocenters. The highest BCUT2D eigenvalue weighted by molar-refractivity contribution is 9.10. The zero-order valence-corrected chi connectivity index (χ0v) is 11.9. The Morgan fingerprint density at radius 1 is 1.22 bits per heavy atom. The van der Waals surface area contributed by atoms with Gasteiger partial charge in [-0.15, -0.1) is 0 Å². The number of rotatable bonds is 3. The summed E-state index contributed by atoms with van der Waals surface area (Å²) in [4.78, 5) is 4.27. The zero-order chi connectivity index (χ0) is 13.2. The first-order valence-electron chi connectivity index (χ1n) is 5.05. The molecule has 0 aliphatic rings. The molecule has 0 radical (unpaired) electrons. The lowest BCUT2D eigenvalue weighted by Gasteiger charge is -2.06. The molecule has 0 atom stereocenters. The summed E-state index contributed by atoms with van der Waals surface area (Å²) in [5.41, 5.74) is 0. The van der Waals surface area contributed by atoms with Crippen LogP contribution in [0.5, 0.6) is 11.6 Å². The zero-order valence-electron chi connectivity index (χ0n) is 9.50. The van der Waals surface area contributed by atoms with E-state index in [2.05, 4.69) is 20.9 Å². The van der Waals surface area contributed by atoms with Gasteiger partial charge in [0.25, 0.3) is 0 Å². The van der Waals surface area contributed by atoms with E-state index in [1.54, 1.807) is 30.5 Å². The SMILES string of the molecule is CS(=O)(=O)c1cccc(Oc2ccc(Br)cn2)c1. The van der Waals surface area contributed by atoms with Crippen molar-refractivity contribution in [3.63, 3.8) is 0 Å². The number of aromatic nitrogens is 1. The molecule has 0 fully saturated rings. The van der Waals surface area contributed by atoms with Crippen molar-refractivity contribution in [2.24, 2.45) is 0 Å². The van der Waals surface area contributed by atoms with Gasteiger partial charge >= 0.3 is 0 Å². The minimum Gasteiger partial charge on any atom is -0.439 e. The van der Waals surface area contributed by atoms with Crippen LogP contribution < -0.4 is 4.74 Å². The molecule has 2 rings (SSSR count). The number of hydrogen-bond donors (Lipinski definition) is 0. The molecule has 0 spiro atoms. The molecule has 1 aromatic carbocycles. The largest absolute Gasteiger partial charge is 0.439 e. The van der Waals surface area contributed by atoms with Crippen molar-refractivity contribution in [3.05, 3.63) is 47.1 Å². The standard InChI is InChI=1S/C12H10BrNO3S/c1-18(15,16)11-4-2-3-10(7-11)17-12-6-5-9(13)8-14-12/h2-8H,1H3. The van der Waals surface area contributed by atoms with Crippen molar-refractivity contribution < 1.29 is 13.2 Å². The fourth-order valence-corrected chi connectivity index (χ4v) is 2.20. The Hall–Kier alpha value is -1.40. The van der Waals surface area contributed by atoms with E-state index in [0.29, 0.717) is 11.6 Å². The first kappa shape index (κ1) is 13.0. The van der Waals surface area contributed by atoms with Crippen molar-refractivity contribution >= 4 is 25.8 Å². The van der Waals surface area contributed by atoms with Crippen molar-refractivity contribution in [1.82, 2.24) is 4.98 Å². The van der Waals surface area contributed by atoms with Crippen molar-refractivity contribution in [2.45, 2.75) is 4.90 Å². The van der Waals surface area contributed by atoms with Crippen LogP contribution >= 0.6 is 15.9 Å². The average Bonchev–Trinajstić information content (AvgIpc) is 2.31. The molecule has 1 aromatic heterocycles. The Morgan fingerprint density at radius 2 is 2.00 bits per heavy atom. The number of nitrogens with zero attached hydrogens (tertiary/aromatic N) is 1. The molecule has 0 aliphatic carbocycles. The molecule has 0 aliphatic heterocycles. The summed E-state index contributed by atoms with van der Waals surface area (Å²) in [6, 6.07) is 9.79. The van der Waals surface area contributed by atoms with Gasteiger partial charge in [-0.05, 0) is 40.2 Å². The van der Waals surface area contributed by atoms with E-state index in [-0.39, 0.29) is 4.90 Å². The van der Waals surface area contributed by atoms with Gasteiger partial charge in [-0.1, -0.05) is 6.07 Å². The number of benzene rings is 1. The molecule has 2 aromatic rings. The molecule has 18 heavy (non-hydrogen) atoms. The van der Waals surface area contributed by atoms with Gasteiger partial charge in [0.2, 0.25) is 5.88 Å². The van der Waals surface area contributed by atoms with Gasteiger partial charge in [0.05, 0.1) is 4.90 Å². The normalized spacial score (nSPS) is 11.2. The second kappa shape index (κ2) is 5.07. The number of ether oxygens (including phenoxy) is 1. The summed E-state index contributed by atoms with van der Waals surface area (Å²) in [5.74, 6) is 0.844.